The molecule has 1 saturated heterocycles. The standard InChI is InChI=1S/C23H34N2O5S/c1-29-21-9-6-17(14-22(21)31(27,28)25-10-12-30-13-11-25)15-23(26)24-20-8-7-18-4-2-3-5-19(18)16-20/h6,9,14,18-20H,2-5,7-8,10-13,15-16H2,1H3,(H,24,26). The lowest BCUT2D eigenvalue weighted by Crippen LogP contribution is -2.42. The van der Waals surface area contributed by atoms with Gasteiger partial charge in [0.1, 0.15) is 10.6 Å². The Bertz CT molecular complexity index is 882. The minimum Gasteiger partial charge on any atom is -0.495 e. The minimum atomic E-state index is -3.71. The van der Waals surface area contributed by atoms with E-state index in [1.54, 1.807) is 18.2 Å². The maximum atomic E-state index is 13.1. The maximum absolute atomic E-state index is 13.1. The number of carbonyl (C=O) groups excluding carboxylic acids is 1. The minimum absolute atomic E-state index is 0.0425. The maximum Gasteiger partial charge on any atom is 0.246 e. The van der Waals surface area contributed by atoms with Crippen molar-refractivity contribution >= 4 is 15.9 Å². The molecule has 0 bridgehead atoms. The molecule has 0 aromatic heterocycles. The van der Waals surface area contributed by atoms with Gasteiger partial charge >= 0.3 is 0 Å². The van der Waals surface area contributed by atoms with Gasteiger partial charge in [-0.05, 0) is 48.8 Å². The Morgan fingerprint density at radius 3 is 2.61 bits per heavy atom. The number of fused-ring (bicyclic) bond motifs is 1. The number of methoxy groups -OCH3 is 1. The van der Waals surface area contributed by atoms with Crippen molar-refractivity contribution in [2.45, 2.75) is 62.3 Å². The summed E-state index contributed by atoms with van der Waals surface area (Å²) >= 11 is 0. The highest BCUT2D eigenvalue weighted by atomic mass is 32.2. The Hall–Kier alpha value is -1.64. The van der Waals surface area contributed by atoms with Crippen molar-refractivity contribution in [3.63, 3.8) is 0 Å². The van der Waals surface area contributed by atoms with Crippen LogP contribution in [0.1, 0.15) is 50.5 Å². The molecule has 1 aromatic carbocycles. The Morgan fingerprint density at radius 2 is 1.87 bits per heavy atom. The van der Waals surface area contributed by atoms with E-state index in [0.717, 1.165) is 24.7 Å². The Labute approximate surface area is 185 Å². The number of hydrogen-bond donors (Lipinski definition) is 1. The average Bonchev–Trinajstić information content (AvgIpc) is 2.79. The molecular weight excluding hydrogens is 416 g/mol. The summed E-state index contributed by atoms with van der Waals surface area (Å²) in [4.78, 5) is 12.9. The number of nitrogens with zero attached hydrogens (tertiary/aromatic N) is 1. The molecular formula is C23H34N2O5S. The first-order chi connectivity index (χ1) is 15.0. The van der Waals surface area contributed by atoms with Crippen molar-refractivity contribution in [2.24, 2.45) is 11.8 Å². The summed E-state index contributed by atoms with van der Waals surface area (Å²) in [6.07, 6.45) is 8.80. The van der Waals surface area contributed by atoms with Crippen molar-refractivity contribution in [2.75, 3.05) is 33.4 Å². The molecule has 172 valence electrons. The molecule has 1 aromatic rings. The zero-order valence-electron chi connectivity index (χ0n) is 18.3. The molecule has 3 unspecified atom stereocenters. The summed E-state index contributed by atoms with van der Waals surface area (Å²) in [5.41, 5.74) is 0.677. The molecule has 8 heteroatoms. The normalized spacial score (nSPS) is 27.3. The van der Waals surface area contributed by atoms with E-state index >= 15 is 0 Å². The number of ether oxygens (including phenoxy) is 2. The number of carbonyl (C=O) groups is 1. The number of amides is 1. The summed E-state index contributed by atoms with van der Waals surface area (Å²) in [5, 5.41) is 3.20. The van der Waals surface area contributed by atoms with Crippen molar-refractivity contribution in [3.8, 4) is 5.75 Å². The van der Waals surface area contributed by atoms with E-state index in [0.29, 0.717) is 37.6 Å². The number of morpholine rings is 1. The largest absolute Gasteiger partial charge is 0.495 e. The van der Waals surface area contributed by atoms with E-state index in [4.69, 9.17) is 9.47 Å². The molecule has 3 fully saturated rings. The van der Waals surface area contributed by atoms with Crippen LogP contribution in [-0.2, 0) is 26.0 Å². The SMILES string of the molecule is COc1ccc(CC(=O)NC2CCC3CCCCC3C2)cc1S(=O)(=O)N1CCOCC1. The predicted molar refractivity (Wildman–Crippen MR) is 118 cm³/mol. The molecule has 4 rings (SSSR count). The second-order valence-corrected chi connectivity index (χ2v) is 11.0. The third-order valence-corrected chi connectivity index (χ3v) is 9.01. The van der Waals surface area contributed by atoms with Crippen LogP contribution in [0.5, 0.6) is 5.75 Å². The average molecular weight is 451 g/mol. The van der Waals surface area contributed by atoms with Crippen LogP contribution in [0.2, 0.25) is 0 Å². The summed E-state index contributed by atoms with van der Waals surface area (Å²) < 4.78 is 38.3. The molecule has 31 heavy (non-hydrogen) atoms. The molecule has 2 aliphatic carbocycles. The molecule has 2 saturated carbocycles. The predicted octanol–water partition coefficient (Wildman–Crippen LogP) is 2.73. The van der Waals surface area contributed by atoms with Gasteiger partial charge in [-0.3, -0.25) is 4.79 Å². The van der Waals surface area contributed by atoms with E-state index in [9.17, 15) is 13.2 Å². The summed E-state index contributed by atoms with van der Waals surface area (Å²) in [6.45, 7) is 1.40. The quantitative estimate of drug-likeness (QED) is 0.720. The van der Waals surface area contributed by atoms with Crippen LogP contribution in [0.4, 0.5) is 0 Å². The molecule has 1 N–H and O–H groups in total. The third kappa shape index (κ3) is 5.23. The van der Waals surface area contributed by atoms with Crippen LogP contribution < -0.4 is 10.1 Å². The van der Waals surface area contributed by atoms with Crippen LogP contribution in [0.3, 0.4) is 0 Å². The first kappa shape index (κ1) is 22.6. The molecule has 3 aliphatic rings. The Balaban J connectivity index is 1.42. The van der Waals surface area contributed by atoms with Gasteiger partial charge in [-0.2, -0.15) is 4.31 Å². The molecule has 1 aliphatic heterocycles. The molecule has 0 spiro atoms. The van der Waals surface area contributed by atoms with Gasteiger partial charge in [0.05, 0.1) is 26.7 Å². The molecule has 0 radical (unpaired) electrons. The van der Waals surface area contributed by atoms with Gasteiger partial charge in [-0.1, -0.05) is 31.7 Å². The van der Waals surface area contributed by atoms with Crippen molar-refractivity contribution in [3.05, 3.63) is 23.8 Å². The van der Waals surface area contributed by atoms with Crippen molar-refractivity contribution in [1.82, 2.24) is 9.62 Å². The molecule has 1 heterocycles. The Morgan fingerprint density at radius 1 is 1.13 bits per heavy atom. The van der Waals surface area contributed by atoms with Gasteiger partial charge in [0, 0.05) is 19.1 Å². The summed E-state index contributed by atoms with van der Waals surface area (Å²) in [7, 11) is -2.25. The number of rotatable bonds is 6. The summed E-state index contributed by atoms with van der Waals surface area (Å²) in [5.74, 6) is 1.85. The molecule has 1 amide bonds. The second kappa shape index (κ2) is 9.88. The van der Waals surface area contributed by atoms with Crippen molar-refractivity contribution < 1.29 is 22.7 Å². The fourth-order valence-corrected chi connectivity index (χ4v) is 7.04. The van der Waals surface area contributed by atoms with Crippen LogP contribution in [0, 0.1) is 11.8 Å². The highest BCUT2D eigenvalue weighted by Crippen LogP contribution is 2.40. The lowest BCUT2D eigenvalue weighted by Gasteiger charge is -2.39. The fraction of sp³-hybridized carbons (Fsp3) is 0.696. The molecule has 7 nitrogen and oxygen atoms in total. The van der Waals surface area contributed by atoms with Gasteiger partial charge in [-0.25, -0.2) is 8.42 Å². The molecule has 3 atom stereocenters. The fourth-order valence-electron chi connectivity index (χ4n) is 5.43. The van der Waals surface area contributed by atoms with Gasteiger partial charge in [-0.15, -0.1) is 0 Å². The highest BCUT2D eigenvalue weighted by molar-refractivity contribution is 7.89. The van der Waals surface area contributed by atoms with E-state index in [2.05, 4.69) is 5.32 Å². The monoisotopic (exact) mass is 450 g/mol. The van der Waals surface area contributed by atoms with Crippen LogP contribution >= 0.6 is 0 Å². The number of sulfonamides is 1. The lowest BCUT2D eigenvalue weighted by atomic mass is 9.69. The van der Waals surface area contributed by atoms with E-state index in [1.165, 1.54) is 43.5 Å². The van der Waals surface area contributed by atoms with Crippen LogP contribution in [0.25, 0.3) is 0 Å². The highest BCUT2D eigenvalue weighted by Gasteiger charge is 2.33. The summed E-state index contributed by atoms with van der Waals surface area (Å²) in [6, 6.07) is 5.24. The number of nitrogens with one attached hydrogen (secondary N) is 1. The zero-order valence-corrected chi connectivity index (χ0v) is 19.2. The number of benzene rings is 1. The van der Waals surface area contributed by atoms with E-state index < -0.39 is 10.0 Å². The first-order valence-electron chi connectivity index (χ1n) is 11.5. The second-order valence-electron chi connectivity index (χ2n) is 9.06. The van der Waals surface area contributed by atoms with Gasteiger partial charge in [0.15, 0.2) is 0 Å². The van der Waals surface area contributed by atoms with Crippen LogP contribution in [0.15, 0.2) is 23.1 Å². The van der Waals surface area contributed by atoms with E-state index in [-0.39, 0.29) is 23.3 Å². The van der Waals surface area contributed by atoms with E-state index in [1.807, 2.05) is 0 Å². The third-order valence-electron chi connectivity index (χ3n) is 7.09. The van der Waals surface area contributed by atoms with Gasteiger partial charge < -0.3 is 14.8 Å². The number of hydrogen-bond acceptors (Lipinski definition) is 5. The van der Waals surface area contributed by atoms with Crippen molar-refractivity contribution in [1.29, 1.82) is 0 Å². The smallest absolute Gasteiger partial charge is 0.246 e. The van der Waals surface area contributed by atoms with Gasteiger partial charge in [0.25, 0.3) is 0 Å². The van der Waals surface area contributed by atoms with Crippen LogP contribution in [-0.4, -0.2) is 58.1 Å². The Kier molecular flexibility index (Phi) is 7.19. The topological polar surface area (TPSA) is 84.9 Å². The lowest BCUT2D eigenvalue weighted by molar-refractivity contribution is -0.121. The van der Waals surface area contributed by atoms with Gasteiger partial charge in [0.2, 0.25) is 15.9 Å². The first-order valence-corrected chi connectivity index (χ1v) is 13.0. The zero-order chi connectivity index (χ0) is 21.8.